The van der Waals surface area contributed by atoms with Crippen LogP contribution in [0.1, 0.15) is 15.9 Å². The molecule has 0 radical (unpaired) electrons. The quantitative estimate of drug-likeness (QED) is 0.689. The highest BCUT2D eigenvalue weighted by molar-refractivity contribution is 6.42. The molecule has 5 heteroatoms. The van der Waals surface area contributed by atoms with E-state index in [-0.39, 0.29) is 0 Å². The van der Waals surface area contributed by atoms with Crippen molar-refractivity contribution in [2.75, 3.05) is 0 Å². The van der Waals surface area contributed by atoms with Crippen molar-refractivity contribution < 1.29 is 4.79 Å². The Balaban J connectivity index is 2.29. The molecule has 0 aliphatic carbocycles. The Hall–Kier alpha value is -2.28. The van der Waals surface area contributed by atoms with E-state index in [1.165, 1.54) is 0 Å². The second kappa shape index (κ2) is 5.25. The topological polar surface area (TPSA) is 56.6 Å². The molecule has 0 fully saturated rings. The first-order chi connectivity index (χ1) is 10.1. The van der Waals surface area contributed by atoms with Gasteiger partial charge < -0.3 is 4.98 Å². The van der Waals surface area contributed by atoms with Crippen LogP contribution in [0, 0.1) is 11.3 Å². The van der Waals surface area contributed by atoms with Crippen LogP contribution in [0.3, 0.4) is 0 Å². The van der Waals surface area contributed by atoms with Crippen molar-refractivity contribution in [1.29, 1.82) is 5.26 Å². The average Bonchev–Trinajstić information content (AvgIpc) is 2.87. The molecule has 1 N–H and O–H groups in total. The third-order valence-electron chi connectivity index (χ3n) is 3.29. The number of aromatic nitrogens is 1. The van der Waals surface area contributed by atoms with Crippen molar-refractivity contribution in [3.05, 3.63) is 57.6 Å². The third-order valence-corrected chi connectivity index (χ3v) is 4.03. The minimum Gasteiger partial charge on any atom is -0.354 e. The number of carbonyl (C=O) groups is 1. The molecule has 2 aromatic carbocycles. The molecule has 3 aromatic rings. The number of halogens is 2. The minimum atomic E-state index is 0.419. The zero-order chi connectivity index (χ0) is 15.0. The van der Waals surface area contributed by atoms with E-state index in [9.17, 15) is 4.79 Å². The number of aromatic amines is 1. The van der Waals surface area contributed by atoms with Gasteiger partial charge in [-0.2, -0.15) is 5.26 Å². The number of H-pyrrole nitrogens is 1. The van der Waals surface area contributed by atoms with Crippen LogP contribution in [0.2, 0.25) is 10.0 Å². The van der Waals surface area contributed by atoms with E-state index < -0.39 is 0 Å². The maximum Gasteiger partial charge on any atom is 0.152 e. The number of nitriles is 1. The lowest BCUT2D eigenvalue weighted by Gasteiger charge is -2.02. The number of nitrogens with zero attached hydrogens (tertiary/aromatic N) is 1. The Morgan fingerprint density at radius 3 is 2.57 bits per heavy atom. The molecule has 0 aliphatic heterocycles. The van der Waals surface area contributed by atoms with Crippen LogP contribution >= 0.6 is 23.2 Å². The molecule has 102 valence electrons. The summed E-state index contributed by atoms with van der Waals surface area (Å²) in [4.78, 5) is 14.7. The van der Waals surface area contributed by atoms with Gasteiger partial charge in [-0.25, -0.2) is 0 Å². The van der Waals surface area contributed by atoms with E-state index in [0.29, 0.717) is 32.3 Å². The molecule has 0 saturated heterocycles. The van der Waals surface area contributed by atoms with Crippen molar-refractivity contribution in [2.24, 2.45) is 0 Å². The summed E-state index contributed by atoms with van der Waals surface area (Å²) >= 11 is 11.9. The molecule has 0 bridgehead atoms. The summed E-state index contributed by atoms with van der Waals surface area (Å²) in [6.07, 6.45) is 0.776. The number of hydrogen-bond donors (Lipinski definition) is 1. The summed E-state index contributed by atoms with van der Waals surface area (Å²) in [5, 5.41) is 10.6. The van der Waals surface area contributed by atoms with Crippen molar-refractivity contribution in [1.82, 2.24) is 4.98 Å². The summed E-state index contributed by atoms with van der Waals surface area (Å²) in [7, 11) is 0. The zero-order valence-corrected chi connectivity index (χ0v) is 12.2. The lowest BCUT2D eigenvalue weighted by Crippen LogP contribution is -1.85. The molecule has 1 aromatic heterocycles. The maximum atomic E-state index is 11.5. The molecule has 0 amide bonds. The highest BCUT2D eigenvalue weighted by atomic mass is 35.5. The summed E-state index contributed by atoms with van der Waals surface area (Å²) in [5.41, 5.74) is 3.22. The highest BCUT2D eigenvalue weighted by Crippen LogP contribution is 2.33. The van der Waals surface area contributed by atoms with Gasteiger partial charge in [-0.3, -0.25) is 4.79 Å². The van der Waals surface area contributed by atoms with Crippen LogP contribution in [0.4, 0.5) is 0 Å². The van der Waals surface area contributed by atoms with Crippen LogP contribution < -0.4 is 0 Å². The Kier molecular flexibility index (Phi) is 3.42. The first-order valence-electron chi connectivity index (χ1n) is 6.10. The lowest BCUT2D eigenvalue weighted by atomic mass is 10.1. The SMILES string of the molecule is N#Cc1ccc2[nH]c(-c3ccc(Cl)c(Cl)c3)c(C=O)c2c1. The molecule has 0 unspecified atom stereocenters. The molecule has 0 atom stereocenters. The summed E-state index contributed by atoms with van der Waals surface area (Å²) in [5.74, 6) is 0. The van der Waals surface area contributed by atoms with Crippen molar-refractivity contribution >= 4 is 40.4 Å². The normalized spacial score (nSPS) is 10.5. The van der Waals surface area contributed by atoms with E-state index in [4.69, 9.17) is 28.5 Å². The number of carbonyl (C=O) groups excluding carboxylic acids is 1. The van der Waals surface area contributed by atoms with E-state index in [2.05, 4.69) is 11.1 Å². The van der Waals surface area contributed by atoms with Gasteiger partial charge in [0.1, 0.15) is 0 Å². The first kappa shape index (κ1) is 13.7. The van der Waals surface area contributed by atoms with E-state index in [1.807, 2.05) is 0 Å². The van der Waals surface area contributed by atoms with Crippen molar-refractivity contribution in [2.45, 2.75) is 0 Å². The summed E-state index contributed by atoms with van der Waals surface area (Å²) in [6, 6.07) is 12.4. The van der Waals surface area contributed by atoms with Crippen LogP contribution in [-0.4, -0.2) is 11.3 Å². The van der Waals surface area contributed by atoms with Gasteiger partial charge in [-0.15, -0.1) is 0 Å². The van der Waals surface area contributed by atoms with Crippen molar-refractivity contribution in [3.63, 3.8) is 0 Å². The van der Waals surface area contributed by atoms with Gasteiger partial charge in [0.05, 0.1) is 27.4 Å². The molecule has 3 rings (SSSR count). The summed E-state index contributed by atoms with van der Waals surface area (Å²) < 4.78 is 0. The molecular formula is C16H8Cl2N2O. The zero-order valence-electron chi connectivity index (χ0n) is 10.7. The minimum absolute atomic E-state index is 0.419. The predicted octanol–water partition coefficient (Wildman–Crippen LogP) is 4.83. The molecule has 0 spiro atoms. The largest absolute Gasteiger partial charge is 0.354 e. The fraction of sp³-hybridized carbons (Fsp3) is 0. The number of aldehydes is 1. The molecule has 0 saturated carbocycles. The number of fused-ring (bicyclic) bond motifs is 1. The van der Waals surface area contributed by atoms with E-state index in [1.54, 1.807) is 36.4 Å². The average molecular weight is 315 g/mol. The second-order valence-electron chi connectivity index (χ2n) is 4.53. The fourth-order valence-corrected chi connectivity index (χ4v) is 2.58. The van der Waals surface area contributed by atoms with Gasteiger partial charge in [0.15, 0.2) is 6.29 Å². The van der Waals surface area contributed by atoms with Gasteiger partial charge in [-0.05, 0) is 30.3 Å². The lowest BCUT2D eigenvalue weighted by molar-refractivity contribution is 0.112. The Morgan fingerprint density at radius 2 is 1.90 bits per heavy atom. The molecule has 3 nitrogen and oxygen atoms in total. The van der Waals surface area contributed by atoms with Gasteiger partial charge in [0, 0.05) is 22.0 Å². The Morgan fingerprint density at radius 1 is 1.10 bits per heavy atom. The first-order valence-corrected chi connectivity index (χ1v) is 6.86. The monoisotopic (exact) mass is 314 g/mol. The fourth-order valence-electron chi connectivity index (χ4n) is 2.28. The highest BCUT2D eigenvalue weighted by Gasteiger charge is 2.14. The van der Waals surface area contributed by atoms with Gasteiger partial charge in [0.2, 0.25) is 0 Å². The second-order valence-corrected chi connectivity index (χ2v) is 5.35. The molecule has 0 aliphatic rings. The van der Waals surface area contributed by atoms with E-state index >= 15 is 0 Å². The maximum absolute atomic E-state index is 11.5. The van der Waals surface area contributed by atoms with Crippen LogP contribution in [-0.2, 0) is 0 Å². The standard InChI is InChI=1S/C16H8Cl2N2O/c17-13-3-2-10(6-14(13)18)16-12(8-21)11-5-9(7-19)1-4-15(11)20-16/h1-6,8,20H. The van der Waals surface area contributed by atoms with Gasteiger partial charge in [-0.1, -0.05) is 29.3 Å². The third kappa shape index (κ3) is 2.29. The molecular weight excluding hydrogens is 307 g/mol. The predicted molar refractivity (Wildman–Crippen MR) is 83.9 cm³/mol. The van der Waals surface area contributed by atoms with Gasteiger partial charge in [0.25, 0.3) is 0 Å². The number of rotatable bonds is 2. The Labute approximate surface area is 130 Å². The van der Waals surface area contributed by atoms with Crippen molar-refractivity contribution in [3.8, 4) is 17.3 Å². The molecule has 1 heterocycles. The molecule has 21 heavy (non-hydrogen) atoms. The van der Waals surface area contributed by atoms with Crippen LogP contribution in [0.15, 0.2) is 36.4 Å². The summed E-state index contributed by atoms with van der Waals surface area (Å²) in [6.45, 7) is 0. The van der Waals surface area contributed by atoms with Gasteiger partial charge >= 0.3 is 0 Å². The van der Waals surface area contributed by atoms with E-state index in [0.717, 1.165) is 17.4 Å². The number of benzene rings is 2. The van der Waals surface area contributed by atoms with Crippen LogP contribution in [0.5, 0.6) is 0 Å². The number of nitrogens with one attached hydrogen (secondary N) is 1. The number of hydrogen-bond acceptors (Lipinski definition) is 2. The van der Waals surface area contributed by atoms with Crippen LogP contribution in [0.25, 0.3) is 22.2 Å². The Bertz CT molecular complexity index is 907. The smallest absolute Gasteiger partial charge is 0.152 e.